The molecule has 1 aromatic heterocycles. The summed E-state index contributed by atoms with van der Waals surface area (Å²) in [5.74, 6) is -0.0178. The molecule has 0 amide bonds. The van der Waals surface area contributed by atoms with Crippen molar-refractivity contribution in [2.45, 2.75) is 13.5 Å². The van der Waals surface area contributed by atoms with E-state index in [9.17, 15) is 4.39 Å². The number of ether oxygens (including phenoxy) is 1. The smallest absolute Gasteiger partial charge is 0.191 e. The van der Waals surface area contributed by atoms with Crippen LogP contribution in [0.25, 0.3) is 11.3 Å². The average molecular weight is 385 g/mol. The maximum absolute atomic E-state index is 14.0. The van der Waals surface area contributed by atoms with Gasteiger partial charge in [0.1, 0.15) is 23.9 Å². The standard InChI is InChI=1S/C20H18ClFN4O/c1-12-7-8-17(26-20(23)24)13(10-12)19-18(6-3-9-25-19)27-11-14-15(21)4-2-5-16(14)22/h2-10H,11H2,1H3,(H4,23,24,26). The van der Waals surface area contributed by atoms with Crippen molar-refractivity contribution in [3.63, 3.8) is 0 Å². The number of aryl methyl sites for hydroxylation is 1. The quantitative estimate of drug-likeness (QED) is 0.506. The third kappa shape index (κ3) is 4.35. The summed E-state index contributed by atoms with van der Waals surface area (Å²) in [6, 6.07) is 13.6. The number of aromatic nitrogens is 1. The highest BCUT2D eigenvalue weighted by atomic mass is 35.5. The van der Waals surface area contributed by atoms with E-state index in [0.29, 0.717) is 27.7 Å². The molecule has 27 heavy (non-hydrogen) atoms. The van der Waals surface area contributed by atoms with Crippen LogP contribution in [-0.4, -0.2) is 10.9 Å². The Morgan fingerprint density at radius 1 is 1.19 bits per heavy atom. The Morgan fingerprint density at radius 2 is 2.00 bits per heavy atom. The number of pyridine rings is 1. The summed E-state index contributed by atoms with van der Waals surface area (Å²) in [6.07, 6.45) is 1.64. The molecule has 0 atom stereocenters. The summed E-state index contributed by atoms with van der Waals surface area (Å²) in [5, 5.41) is 0.303. The molecular formula is C20H18ClFN4O. The minimum Gasteiger partial charge on any atom is -0.486 e. The zero-order valence-electron chi connectivity index (χ0n) is 14.6. The summed E-state index contributed by atoms with van der Waals surface area (Å²) in [5.41, 5.74) is 14.2. The zero-order chi connectivity index (χ0) is 19.4. The number of benzene rings is 2. The van der Waals surface area contributed by atoms with Crippen molar-refractivity contribution in [3.8, 4) is 17.0 Å². The molecule has 0 radical (unpaired) electrons. The largest absolute Gasteiger partial charge is 0.486 e. The van der Waals surface area contributed by atoms with Crippen LogP contribution >= 0.6 is 11.6 Å². The number of nitrogens with two attached hydrogens (primary N) is 2. The number of guanidine groups is 1. The third-order valence-corrected chi connectivity index (χ3v) is 4.22. The van der Waals surface area contributed by atoms with Crippen molar-refractivity contribution >= 4 is 23.2 Å². The van der Waals surface area contributed by atoms with Crippen LogP contribution in [0.2, 0.25) is 5.02 Å². The third-order valence-electron chi connectivity index (χ3n) is 3.86. The van der Waals surface area contributed by atoms with E-state index in [1.807, 2.05) is 19.1 Å². The number of rotatable bonds is 5. The van der Waals surface area contributed by atoms with Crippen LogP contribution in [0.4, 0.5) is 10.1 Å². The van der Waals surface area contributed by atoms with E-state index in [-0.39, 0.29) is 18.1 Å². The molecule has 0 unspecified atom stereocenters. The van der Waals surface area contributed by atoms with Crippen LogP contribution in [0.3, 0.4) is 0 Å². The van der Waals surface area contributed by atoms with Gasteiger partial charge in [0.15, 0.2) is 5.96 Å². The first-order chi connectivity index (χ1) is 13.0. The molecule has 0 aliphatic heterocycles. The Balaban J connectivity index is 2.00. The van der Waals surface area contributed by atoms with E-state index < -0.39 is 5.82 Å². The number of hydrogen-bond acceptors (Lipinski definition) is 3. The van der Waals surface area contributed by atoms with Crippen LogP contribution in [0.5, 0.6) is 5.75 Å². The van der Waals surface area contributed by atoms with Crippen molar-refractivity contribution in [2.75, 3.05) is 0 Å². The molecule has 0 aliphatic carbocycles. The highest BCUT2D eigenvalue weighted by molar-refractivity contribution is 6.31. The number of nitrogens with zero attached hydrogens (tertiary/aromatic N) is 2. The molecule has 3 rings (SSSR count). The molecule has 0 aliphatic rings. The monoisotopic (exact) mass is 384 g/mol. The molecule has 3 aromatic rings. The van der Waals surface area contributed by atoms with Gasteiger partial charge >= 0.3 is 0 Å². The van der Waals surface area contributed by atoms with Gasteiger partial charge in [-0.1, -0.05) is 29.3 Å². The Morgan fingerprint density at radius 3 is 2.74 bits per heavy atom. The van der Waals surface area contributed by atoms with E-state index >= 15 is 0 Å². The zero-order valence-corrected chi connectivity index (χ0v) is 15.4. The first-order valence-corrected chi connectivity index (χ1v) is 8.55. The van der Waals surface area contributed by atoms with E-state index in [2.05, 4.69) is 9.98 Å². The first-order valence-electron chi connectivity index (χ1n) is 8.17. The van der Waals surface area contributed by atoms with Gasteiger partial charge in [-0.3, -0.25) is 4.98 Å². The lowest BCUT2D eigenvalue weighted by Gasteiger charge is -2.14. The first kappa shape index (κ1) is 18.7. The van der Waals surface area contributed by atoms with E-state index in [1.54, 1.807) is 36.5 Å². The normalized spacial score (nSPS) is 10.5. The summed E-state index contributed by atoms with van der Waals surface area (Å²) in [7, 11) is 0. The maximum atomic E-state index is 14.0. The Kier molecular flexibility index (Phi) is 5.57. The van der Waals surface area contributed by atoms with Crippen molar-refractivity contribution in [1.82, 2.24) is 4.98 Å². The molecule has 0 spiro atoms. The molecule has 5 nitrogen and oxygen atoms in total. The van der Waals surface area contributed by atoms with Gasteiger partial charge in [0, 0.05) is 17.3 Å². The minimum atomic E-state index is -0.426. The van der Waals surface area contributed by atoms with Gasteiger partial charge in [0.05, 0.1) is 10.7 Å². The fourth-order valence-corrected chi connectivity index (χ4v) is 2.82. The summed E-state index contributed by atoms with van der Waals surface area (Å²) in [6.45, 7) is 1.92. The van der Waals surface area contributed by atoms with Crippen LogP contribution in [0.1, 0.15) is 11.1 Å². The second-order valence-corrected chi connectivity index (χ2v) is 6.30. The Labute approximate surface area is 161 Å². The van der Waals surface area contributed by atoms with Gasteiger partial charge < -0.3 is 16.2 Å². The molecular weight excluding hydrogens is 367 g/mol. The molecule has 138 valence electrons. The van der Waals surface area contributed by atoms with Crippen molar-refractivity contribution in [3.05, 3.63) is 76.7 Å². The lowest BCUT2D eigenvalue weighted by atomic mass is 10.0. The Hall–Kier alpha value is -3.12. The Bertz CT molecular complexity index is 983. The number of halogens is 2. The molecule has 0 saturated heterocycles. The summed E-state index contributed by atoms with van der Waals surface area (Å²) >= 11 is 6.07. The lowest BCUT2D eigenvalue weighted by molar-refractivity contribution is 0.300. The molecule has 0 bridgehead atoms. The predicted molar refractivity (Wildman–Crippen MR) is 106 cm³/mol. The fourth-order valence-electron chi connectivity index (χ4n) is 2.61. The second kappa shape index (κ2) is 8.05. The SMILES string of the molecule is Cc1ccc(N=C(N)N)c(-c2ncccc2OCc2c(F)cccc2Cl)c1. The maximum Gasteiger partial charge on any atom is 0.191 e. The van der Waals surface area contributed by atoms with Crippen molar-refractivity contribution < 1.29 is 9.13 Å². The van der Waals surface area contributed by atoms with Gasteiger partial charge in [-0.25, -0.2) is 9.38 Å². The highest BCUT2D eigenvalue weighted by Gasteiger charge is 2.14. The second-order valence-electron chi connectivity index (χ2n) is 5.90. The predicted octanol–water partition coefficient (Wildman–Crippen LogP) is 4.33. The molecule has 7 heteroatoms. The van der Waals surface area contributed by atoms with Crippen LogP contribution in [0.15, 0.2) is 59.7 Å². The van der Waals surface area contributed by atoms with Gasteiger partial charge in [0.2, 0.25) is 0 Å². The summed E-state index contributed by atoms with van der Waals surface area (Å²) < 4.78 is 19.9. The number of hydrogen-bond donors (Lipinski definition) is 2. The van der Waals surface area contributed by atoms with Crippen LogP contribution in [0, 0.1) is 12.7 Å². The van der Waals surface area contributed by atoms with E-state index in [0.717, 1.165) is 5.56 Å². The lowest BCUT2D eigenvalue weighted by Crippen LogP contribution is -2.22. The summed E-state index contributed by atoms with van der Waals surface area (Å²) in [4.78, 5) is 8.57. The van der Waals surface area contributed by atoms with Crippen LogP contribution in [-0.2, 0) is 6.61 Å². The molecule has 2 aromatic carbocycles. The van der Waals surface area contributed by atoms with Crippen molar-refractivity contribution in [2.24, 2.45) is 16.5 Å². The van der Waals surface area contributed by atoms with Gasteiger partial charge in [-0.05, 0) is 43.3 Å². The van der Waals surface area contributed by atoms with Gasteiger partial charge in [-0.15, -0.1) is 0 Å². The van der Waals surface area contributed by atoms with Crippen molar-refractivity contribution in [1.29, 1.82) is 0 Å². The van der Waals surface area contributed by atoms with E-state index in [4.69, 9.17) is 27.8 Å². The average Bonchev–Trinajstić information content (AvgIpc) is 2.63. The molecule has 0 saturated carbocycles. The van der Waals surface area contributed by atoms with E-state index in [1.165, 1.54) is 6.07 Å². The fraction of sp³-hybridized carbons (Fsp3) is 0.100. The molecule has 1 heterocycles. The molecule has 0 fully saturated rings. The van der Waals surface area contributed by atoms with Gasteiger partial charge in [-0.2, -0.15) is 0 Å². The minimum absolute atomic E-state index is 0.0341. The highest BCUT2D eigenvalue weighted by Crippen LogP contribution is 2.36. The van der Waals surface area contributed by atoms with Gasteiger partial charge in [0.25, 0.3) is 0 Å². The van der Waals surface area contributed by atoms with Crippen LogP contribution < -0.4 is 16.2 Å². The number of aliphatic imine (C=N–C) groups is 1. The molecule has 4 N–H and O–H groups in total. The topological polar surface area (TPSA) is 86.5 Å².